The van der Waals surface area contributed by atoms with E-state index >= 15 is 0 Å². The molecule has 0 saturated heterocycles. The van der Waals surface area contributed by atoms with Gasteiger partial charge in [0.1, 0.15) is 5.82 Å². The smallest absolute Gasteiger partial charge is 0.235 e. The molecule has 0 bridgehead atoms. The molecule has 0 N–H and O–H groups in total. The van der Waals surface area contributed by atoms with Crippen molar-refractivity contribution in [2.24, 2.45) is 0 Å². The maximum absolute atomic E-state index is 13.4. The van der Waals surface area contributed by atoms with Crippen LogP contribution >= 0.6 is 11.3 Å². The Morgan fingerprint density at radius 1 is 1.25 bits per heavy atom. The van der Waals surface area contributed by atoms with Gasteiger partial charge in [-0.25, -0.2) is 18.2 Å². The molecule has 0 radical (unpaired) electrons. The molecule has 0 aliphatic heterocycles. The molecular formula is C11H10F3NS. The van der Waals surface area contributed by atoms with Crippen LogP contribution in [0.2, 0.25) is 0 Å². The van der Waals surface area contributed by atoms with E-state index in [0.717, 1.165) is 16.9 Å². The Hall–Kier alpha value is -1.10. The van der Waals surface area contributed by atoms with E-state index in [2.05, 4.69) is 4.98 Å². The van der Waals surface area contributed by atoms with Crippen molar-refractivity contribution in [3.05, 3.63) is 28.5 Å². The predicted molar refractivity (Wildman–Crippen MR) is 58.6 cm³/mol. The number of hydrogen-bond donors (Lipinski definition) is 0. The summed E-state index contributed by atoms with van der Waals surface area (Å²) < 4.78 is 38.6. The van der Waals surface area contributed by atoms with Gasteiger partial charge in [-0.15, -0.1) is 11.3 Å². The lowest BCUT2D eigenvalue weighted by Gasteiger charge is -2.05. The van der Waals surface area contributed by atoms with Crippen molar-refractivity contribution in [1.82, 2.24) is 4.98 Å². The molecule has 86 valence electrons. The van der Waals surface area contributed by atoms with Gasteiger partial charge in [0.2, 0.25) is 0 Å². The quantitative estimate of drug-likeness (QED) is 0.759. The lowest BCUT2D eigenvalue weighted by Crippen LogP contribution is -1.90. The van der Waals surface area contributed by atoms with Crippen molar-refractivity contribution >= 4 is 21.6 Å². The van der Waals surface area contributed by atoms with Crippen LogP contribution in [-0.2, 0) is 0 Å². The molecule has 0 aliphatic rings. The van der Waals surface area contributed by atoms with Crippen molar-refractivity contribution in [2.75, 3.05) is 0 Å². The average Bonchev–Trinajstić information content (AvgIpc) is 2.62. The van der Waals surface area contributed by atoms with E-state index in [-0.39, 0.29) is 15.6 Å². The fourth-order valence-corrected chi connectivity index (χ4v) is 2.43. The number of fused-ring (bicyclic) bond motifs is 1. The molecule has 0 aliphatic carbocycles. The van der Waals surface area contributed by atoms with Crippen LogP contribution in [0.15, 0.2) is 12.1 Å². The number of halogens is 3. The highest BCUT2D eigenvalue weighted by molar-refractivity contribution is 7.18. The molecule has 1 nitrogen and oxygen atoms in total. The van der Waals surface area contributed by atoms with Gasteiger partial charge in [-0.3, -0.25) is 0 Å². The summed E-state index contributed by atoms with van der Waals surface area (Å²) in [5, 5.41) is -0.318. The first-order valence-corrected chi connectivity index (χ1v) is 5.69. The van der Waals surface area contributed by atoms with E-state index in [0.29, 0.717) is 5.52 Å². The summed E-state index contributed by atoms with van der Waals surface area (Å²) in [7, 11) is 0. The van der Waals surface area contributed by atoms with Crippen LogP contribution < -0.4 is 0 Å². The average molecular weight is 245 g/mol. The maximum atomic E-state index is 13.4. The minimum atomic E-state index is -2.64. The van der Waals surface area contributed by atoms with Gasteiger partial charge in [-0.2, -0.15) is 0 Å². The molecule has 0 amide bonds. The number of nitrogens with zero attached hydrogens (tertiary/aromatic N) is 1. The molecule has 0 atom stereocenters. The van der Waals surface area contributed by atoms with Crippen molar-refractivity contribution in [1.29, 1.82) is 0 Å². The van der Waals surface area contributed by atoms with Crippen LogP contribution in [0.3, 0.4) is 0 Å². The summed E-state index contributed by atoms with van der Waals surface area (Å²) in [5.74, 6) is -0.348. The minimum Gasteiger partial charge on any atom is -0.235 e. The lowest BCUT2D eigenvalue weighted by molar-refractivity contribution is 0.151. The number of benzene rings is 1. The Kier molecular flexibility index (Phi) is 2.88. The summed E-state index contributed by atoms with van der Waals surface area (Å²) in [6, 6.07) is 2.92. The third kappa shape index (κ3) is 1.80. The maximum Gasteiger partial charge on any atom is 0.289 e. The van der Waals surface area contributed by atoms with E-state index in [1.54, 1.807) is 6.07 Å². The molecule has 2 rings (SSSR count). The molecule has 0 fully saturated rings. The largest absolute Gasteiger partial charge is 0.289 e. The topological polar surface area (TPSA) is 12.9 Å². The van der Waals surface area contributed by atoms with Crippen molar-refractivity contribution in [3.8, 4) is 0 Å². The highest BCUT2D eigenvalue weighted by atomic mass is 32.1. The third-order valence-corrected chi connectivity index (χ3v) is 3.42. The lowest BCUT2D eigenvalue weighted by atomic mass is 10.0. The van der Waals surface area contributed by atoms with Crippen LogP contribution in [-0.4, -0.2) is 4.98 Å². The van der Waals surface area contributed by atoms with Gasteiger partial charge in [0.25, 0.3) is 6.43 Å². The summed E-state index contributed by atoms with van der Waals surface area (Å²) in [6.07, 6.45) is -2.64. The van der Waals surface area contributed by atoms with Crippen molar-refractivity contribution in [3.63, 3.8) is 0 Å². The number of aromatic nitrogens is 1. The van der Waals surface area contributed by atoms with E-state index in [4.69, 9.17) is 0 Å². The molecule has 0 spiro atoms. The van der Waals surface area contributed by atoms with Gasteiger partial charge in [0, 0.05) is 0 Å². The standard InChI is InChI=1S/C11H10F3NS/c1-5(2)6-3-4-7(12)9-8(6)15-11(16-9)10(13)14/h3-5,10H,1-2H3. The number of thiazole rings is 1. The molecule has 0 unspecified atom stereocenters. The van der Waals surface area contributed by atoms with Gasteiger partial charge in [0.05, 0.1) is 10.2 Å². The highest BCUT2D eigenvalue weighted by Gasteiger charge is 2.18. The second kappa shape index (κ2) is 4.05. The second-order valence-corrected chi connectivity index (χ2v) is 4.85. The molecule has 2 aromatic rings. The van der Waals surface area contributed by atoms with Gasteiger partial charge >= 0.3 is 0 Å². The molecular weight excluding hydrogens is 235 g/mol. The first kappa shape index (κ1) is 11.4. The zero-order valence-electron chi connectivity index (χ0n) is 8.80. The Bertz CT molecular complexity index is 519. The van der Waals surface area contributed by atoms with E-state index in [1.165, 1.54) is 6.07 Å². The van der Waals surface area contributed by atoms with Gasteiger partial charge in [0.15, 0.2) is 5.01 Å². The number of alkyl halides is 2. The van der Waals surface area contributed by atoms with Crippen LogP contribution in [0.4, 0.5) is 13.2 Å². The van der Waals surface area contributed by atoms with Crippen molar-refractivity contribution in [2.45, 2.75) is 26.2 Å². The monoisotopic (exact) mass is 245 g/mol. The van der Waals surface area contributed by atoms with Crippen molar-refractivity contribution < 1.29 is 13.2 Å². The highest BCUT2D eigenvalue weighted by Crippen LogP contribution is 2.34. The van der Waals surface area contributed by atoms with E-state index in [1.807, 2.05) is 13.8 Å². The first-order valence-electron chi connectivity index (χ1n) is 4.87. The second-order valence-electron chi connectivity index (χ2n) is 3.82. The molecule has 0 saturated carbocycles. The third-order valence-electron chi connectivity index (χ3n) is 2.35. The van der Waals surface area contributed by atoms with E-state index in [9.17, 15) is 13.2 Å². The number of rotatable bonds is 2. The van der Waals surface area contributed by atoms with Crippen LogP contribution in [0.25, 0.3) is 10.2 Å². The first-order chi connectivity index (χ1) is 7.50. The molecule has 1 aromatic heterocycles. The predicted octanol–water partition coefficient (Wildman–Crippen LogP) is 4.50. The Labute approximate surface area is 94.9 Å². The summed E-state index contributed by atoms with van der Waals surface area (Å²) in [6.45, 7) is 3.85. The fourth-order valence-electron chi connectivity index (χ4n) is 1.57. The van der Waals surface area contributed by atoms with Gasteiger partial charge in [-0.1, -0.05) is 19.9 Å². The number of hydrogen-bond acceptors (Lipinski definition) is 2. The summed E-state index contributed by atoms with van der Waals surface area (Å²) >= 11 is 0.727. The molecule has 5 heteroatoms. The minimum absolute atomic E-state index is 0.135. The molecule has 16 heavy (non-hydrogen) atoms. The Morgan fingerprint density at radius 3 is 2.50 bits per heavy atom. The van der Waals surface area contributed by atoms with Crippen LogP contribution in [0, 0.1) is 5.82 Å². The Morgan fingerprint density at radius 2 is 1.94 bits per heavy atom. The molecule has 1 aromatic carbocycles. The SMILES string of the molecule is CC(C)c1ccc(F)c2sc(C(F)F)nc12. The zero-order chi connectivity index (χ0) is 11.9. The van der Waals surface area contributed by atoms with Gasteiger partial charge in [-0.05, 0) is 17.5 Å². The van der Waals surface area contributed by atoms with Crippen LogP contribution in [0.5, 0.6) is 0 Å². The molecule has 1 heterocycles. The van der Waals surface area contributed by atoms with E-state index < -0.39 is 12.2 Å². The normalized spacial score (nSPS) is 11.9. The fraction of sp³-hybridized carbons (Fsp3) is 0.364. The summed E-state index contributed by atoms with van der Waals surface area (Å²) in [4.78, 5) is 3.82. The Balaban J connectivity index is 2.72. The summed E-state index contributed by atoms with van der Waals surface area (Å²) in [5.41, 5.74) is 1.18. The zero-order valence-corrected chi connectivity index (χ0v) is 9.62. The van der Waals surface area contributed by atoms with Gasteiger partial charge < -0.3 is 0 Å². The van der Waals surface area contributed by atoms with Crippen LogP contribution in [0.1, 0.15) is 36.8 Å².